The van der Waals surface area contributed by atoms with E-state index in [2.05, 4.69) is 26.0 Å². The Hall–Kier alpha value is -2.83. The van der Waals surface area contributed by atoms with Crippen molar-refractivity contribution in [3.63, 3.8) is 0 Å². The zero-order valence-electron chi connectivity index (χ0n) is 19.6. The molecule has 174 valence electrons. The number of hydrogen-bond acceptors (Lipinski definition) is 6. The van der Waals surface area contributed by atoms with Gasteiger partial charge in [0.15, 0.2) is 0 Å². The van der Waals surface area contributed by atoms with E-state index >= 15 is 0 Å². The Bertz CT molecular complexity index is 1130. The lowest BCUT2D eigenvalue weighted by Gasteiger charge is -2.41. The summed E-state index contributed by atoms with van der Waals surface area (Å²) >= 11 is 0. The largest absolute Gasteiger partial charge is 0.463 e. The summed E-state index contributed by atoms with van der Waals surface area (Å²) in [7, 11) is 0. The molecule has 0 amide bonds. The summed E-state index contributed by atoms with van der Waals surface area (Å²) in [4.78, 5) is 31.6. The number of benzene rings is 2. The van der Waals surface area contributed by atoms with E-state index in [-0.39, 0.29) is 24.4 Å². The fourth-order valence-corrected chi connectivity index (χ4v) is 5.07. The lowest BCUT2D eigenvalue weighted by Crippen LogP contribution is -2.44. The molecule has 2 atom stereocenters. The van der Waals surface area contributed by atoms with Crippen molar-refractivity contribution < 1.29 is 19.1 Å². The Balaban J connectivity index is 1.90. The van der Waals surface area contributed by atoms with Crippen LogP contribution in [0.1, 0.15) is 45.1 Å². The second-order valence-electron chi connectivity index (χ2n) is 9.57. The number of carbonyl (C=O) groups excluding carboxylic acids is 2. The highest BCUT2D eigenvalue weighted by Gasteiger charge is 2.48. The van der Waals surface area contributed by atoms with Gasteiger partial charge < -0.3 is 15.2 Å². The molecule has 2 N–H and O–H groups in total. The zero-order valence-corrected chi connectivity index (χ0v) is 19.6. The highest BCUT2D eigenvalue weighted by atomic mass is 16.5. The van der Waals surface area contributed by atoms with Crippen molar-refractivity contribution in [1.29, 1.82) is 0 Å². The number of nitrogens with zero attached hydrogens (tertiary/aromatic N) is 1. The molecular formula is C27H32N2O4. The first-order valence-corrected chi connectivity index (χ1v) is 11.6. The van der Waals surface area contributed by atoms with Crippen molar-refractivity contribution in [2.75, 3.05) is 26.4 Å². The van der Waals surface area contributed by atoms with Gasteiger partial charge in [0.05, 0.1) is 37.0 Å². The molecule has 2 aliphatic rings. The Morgan fingerprint density at radius 3 is 2.61 bits per heavy atom. The van der Waals surface area contributed by atoms with Crippen LogP contribution in [-0.4, -0.2) is 43.8 Å². The van der Waals surface area contributed by atoms with Crippen LogP contribution in [0.25, 0.3) is 10.8 Å². The zero-order chi connectivity index (χ0) is 23.6. The Morgan fingerprint density at radius 2 is 1.88 bits per heavy atom. The summed E-state index contributed by atoms with van der Waals surface area (Å²) in [6.45, 7) is 7.08. The first kappa shape index (κ1) is 23.3. The third-order valence-corrected chi connectivity index (χ3v) is 6.38. The summed E-state index contributed by atoms with van der Waals surface area (Å²) in [5.41, 5.74) is 8.13. The first-order valence-electron chi connectivity index (χ1n) is 11.6. The molecule has 2 aromatic rings. The average Bonchev–Trinajstić information content (AvgIpc) is 2.77. The minimum absolute atomic E-state index is 0.117. The van der Waals surface area contributed by atoms with Gasteiger partial charge in [-0.05, 0) is 35.1 Å². The van der Waals surface area contributed by atoms with E-state index in [0.29, 0.717) is 37.3 Å². The standard InChI is InChI=1S/C27H32N2O4/c1-4-33-26(31)25-21(16-32-12-11-28)29-20-14-27(2,3)15-22(30)24(20)23(25)19-10-9-17-7-5-6-8-18(17)13-19/h5-10,13,23-24H,4,11-12,14-16,28H2,1-3H3. The van der Waals surface area contributed by atoms with Crippen molar-refractivity contribution in [1.82, 2.24) is 0 Å². The van der Waals surface area contributed by atoms with E-state index in [1.807, 2.05) is 30.3 Å². The molecular weight excluding hydrogens is 416 g/mol. The predicted molar refractivity (Wildman–Crippen MR) is 129 cm³/mol. The number of fused-ring (bicyclic) bond motifs is 2. The molecule has 1 aliphatic carbocycles. The number of carbonyl (C=O) groups is 2. The van der Waals surface area contributed by atoms with E-state index < -0.39 is 17.8 Å². The molecule has 2 aromatic carbocycles. The van der Waals surface area contributed by atoms with Crippen molar-refractivity contribution >= 4 is 28.2 Å². The number of esters is 1. The van der Waals surface area contributed by atoms with E-state index in [1.54, 1.807) is 6.92 Å². The molecule has 0 aromatic heterocycles. The average molecular weight is 449 g/mol. The topological polar surface area (TPSA) is 91.0 Å². The van der Waals surface area contributed by atoms with Gasteiger partial charge in [-0.1, -0.05) is 56.3 Å². The second kappa shape index (κ2) is 9.57. The van der Waals surface area contributed by atoms with Crippen molar-refractivity contribution in [3.05, 3.63) is 59.3 Å². The maximum atomic E-state index is 13.5. The van der Waals surface area contributed by atoms with Gasteiger partial charge in [0, 0.05) is 24.6 Å². The number of nitrogens with two attached hydrogens (primary N) is 1. The maximum Gasteiger partial charge on any atom is 0.336 e. The number of rotatable bonds is 7. The van der Waals surface area contributed by atoms with Gasteiger partial charge in [0.2, 0.25) is 0 Å². The van der Waals surface area contributed by atoms with E-state index in [1.165, 1.54) is 0 Å². The minimum atomic E-state index is -0.475. The van der Waals surface area contributed by atoms with Crippen LogP contribution in [0, 0.1) is 11.3 Å². The summed E-state index contributed by atoms with van der Waals surface area (Å²) in [6.07, 6.45) is 1.15. The van der Waals surface area contributed by atoms with Crippen LogP contribution in [0.2, 0.25) is 0 Å². The fourth-order valence-electron chi connectivity index (χ4n) is 5.07. The number of ketones is 1. The molecule has 4 rings (SSSR count). The van der Waals surface area contributed by atoms with Crippen LogP contribution in [0.4, 0.5) is 0 Å². The highest BCUT2D eigenvalue weighted by molar-refractivity contribution is 6.12. The third-order valence-electron chi connectivity index (χ3n) is 6.38. The van der Waals surface area contributed by atoms with Gasteiger partial charge in [-0.2, -0.15) is 0 Å². The van der Waals surface area contributed by atoms with Crippen molar-refractivity contribution in [2.45, 2.75) is 39.5 Å². The molecule has 0 saturated heterocycles. The number of Topliss-reactive ketones (excluding diaryl/α,β-unsaturated/α-hetero) is 1. The van der Waals surface area contributed by atoms with Gasteiger partial charge in [-0.25, -0.2) is 4.79 Å². The van der Waals surface area contributed by atoms with E-state index in [9.17, 15) is 9.59 Å². The van der Waals surface area contributed by atoms with Gasteiger partial charge in [0.1, 0.15) is 5.78 Å². The molecule has 33 heavy (non-hydrogen) atoms. The van der Waals surface area contributed by atoms with Gasteiger partial charge in [-0.3, -0.25) is 9.79 Å². The second-order valence-corrected chi connectivity index (χ2v) is 9.57. The molecule has 0 radical (unpaired) electrons. The smallest absolute Gasteiger partial charge is 0.336 e. The number of ether oxygens (including phenoxy) is 2. The van der Waals surface area contributed by atoms with E-state index in [4.69, 9.17) is 20.2 Å². The fraction of sp³-hybridized carbons (Fsp3) is 0.444. The maximum absolute atomic E-state index is 13.5. The van der Waals surface area contributed by atoms with Crippen LogP contribution in [0.5, 0.6) is 0 Å². The first-order chi connectivity index (χ1) is 15.8. The van der Waals surface area contributed by atoms with Crippen LogP contribution in [0.3, 0.4) is 0 Å². The third kappa shape index (κ3) is 4.77. The molecule has 2 unspecified atom stereocenters. The lowest BCUT2D eigenvalue weighted by atomic mass is 9.63. The molecule has 1 fully saturated rings. The lowest BCUT2D eigenvalue weighted by molar-refractivity contribution is -0.139. The highest BCUT2D eigenvalue weighted by Crippen LogP contribution is 2.47. The van der Waals surface area contributed by atoms with Crippen LogP contribution in [0.15, 0.2) is 58.7 Å². The molecule has 6 heteroatoms. The van der Waals surface area contributed by atoms with Gasteiger partial charge >= 0.3 is 5.97 Å². The molecule has 1 aliphatic heterocycles. The SMILES string of the molecule is CCOC(=O)C1=C(COCCN)N=C2CC(C)(C)CC(=O)C2C1c1ccc2ccccc2c1. The molecule has 6 nitrogen and oxygen atoms in total. The number of hydrogen-bond donors (Lipinski definition) is 1. The molecule has 0 spiro atoms. The van der Waals surface area contributed by atoms with Crippen LogP contribution >= 0.6 is 0 Å². The van der Waals surface area contributed by atoms with Crippen LogP contribution in [-0.2, 0) is 19.1 Å². The van der Waals surface area contributed by atoms with Crippen molar-refractivity contribution in [3.8, 4) is 0 Å². The Labute approximate surface area is 194 Å². The summed E-state index contributed by atoms with van der Waals surface area (Å²) in [5.74, 6) is -1.26. The van der Waals surface area contributed by atoms with Gasteiger partial charge in [0.25, 0.3) is 0 Å². The number of aliphatic imine (C=N–C) groups is 1. The molecule has 1 saturated carbocycles. The quantitative estimate of drug-likeness (QED) is 0.507. The molecule has 0 bridgehead atoms. The predicted octanol–water partition coefficient (Wildman–Crippen LogP) is 4.18. The Morgan fingerprint density at radius 1 is 1.12 bits per heavy atom. The minimum Gasteiger partial charge on any atom is -0.463 e. The van der Waals surface area contributed by atoms with Gasteiger partial charge in [-0.15, -0.1) is 0 Å². The summed E-state index contributed by atoms with van der Waals surface area (Å²) in [6, 6.07) is 14.2. The van der Waals surface area contributed by atoms with E-state index in [0.717, 1.165) is 22.0 Å². The summed E-state index contributed by atoms with van der Waals surface area (Å²) < 4.78 is 11.2. The van der Waals surface area contributed by atoms with Crippen molar-refractivity contribution in [2.24, 2.45) is 22.1 Å². The Kier molecular flexibility index (Phi) is 6.77. The monoisotopic (exact) mass is 448 g/mol. The summed E-state index contributed by atoms with van der Waals surface area (Å²) in [5, 5.41) is 2.17. The molecule has 1 heterocycles. The van der Waals surface area contributed by atoms with Crippen LogP contribution < -0.4 is 5.73 Å². The normalized spacial score (nSPS) is 22.2.